The number of ketones is 1. The van der Waals surface area contributed by atoms with Crippen LogP contribution in [0.4, 0.5) is 0 Å². The number of carbonyl (C=O) groups excluding carboxylic acids is 2. The highest BCUT2D eigenvalue weighted by Gasteiger charge is 2.76. The second-order valence-corrected chi connectivity index (χ2v) is 9.92. The molecule has 0 bridgehead atoms. The van der Waals surface area contributed by atoms with Crippen LogP contribution >= 0.6 is 0 Å². The summed E-state index contributed by atoms with van der Waals surface area (Å²) in [6, 6.07) is 0. The second kappa shape index (κ2) is 4.88. The average Bonchev–Trinajstić information content (AvgIpc) is 3.15. The number of Topliss-reactive ketones (excluding diaryl/α,β-unsaturated/α-hetero) is 1. The third-order valence-electron chi connectivity index (χ3n) is 9.08. The van der Waals surface area contributed by atoms with Gasteiger partial charge in [-0.05, 0) is 56.3 Å². The molecule has 0 N–H and O–H groups in total. The van der Waals surface area contributed by atoms with E-state index in [-0.39, 0.29) is 28.5 Å². The Bertz CT molecular complexity index is 644. The van der Waals surface area contributed by atoms with Gasteiger partial charge in [-0.25, -0.2) is 0 Å². The molecule has 4 aliphatic carbocycles. The topological polar surface area (TPSA) is 55.9 Å². The van der Waals surface area contributed by atoms with E-state index in [4.69, 9.17) is 9.47 Å². The van der Waals surface area contributed by atoms with Crippen LogP contribution in [0.5, 0.6) is 0 Å². The molecule has 1 aliphatic heterocycles. The predicted molar refractivity (Wildman–Crippen MR) is 91.8 cm³/mol. The fourth-order valence-corrected chi connectivity index (χ4v) is 7.75. The van der Waals surface area contributed by atoms with Crippen LogP contribution in [0, 0.1) is 28.6 Å². The Morgan fingerprint density at radius 2 is 1.96 bits per heavy atom. The number of carbonyl (C=O) groups is 2. The molecule has 4 heteroatoms. The van der Waals surface area contributed by atoms with E-state index in [1.54, 1.807) is 0 Å². The van der Waals surface area contributed by atoms with Crippen molar-refractivity contribution in [2.45, 2.75) is 89.9 Å². The van der Waals surface area contributed by atoms with Crippen LogP contribution in [0.2, 0.25) is 0 Å². The first-order valence-corrected chi connectivity index (χ1v) is 10.2. The summed E-state index contributed by atoms with van der Waals surface area (Å²) in [5.41, 5.74) is 0.0500. The number of ether oxygens (including phenoxy) is 2. The van der Waals surface area contributed by atoms with Crippen molar-refractivity contribution < 1.29 is 19.1 Å². The number of rotatable bonds is 1. The Morgan fingerprint density at radius 1 is 1.16 bits per heavy atom. The fourth-order valence-electron chi connectivity index (χ4n) is 7.75. The van der Waals surface area contributed by atoms with Crippen molar-refractivity contribution in [1.29, 1.82) is 0 Å². The van der Waals surface area contributed by atoms with E-state index in [2.05, 4.69) is 13.8 Å². The summed E-state index contributed by atoms with van der Waals surface area (Å²) in [6.07, 6.45) is 8.45. The molecule has 1 heterocycles. The van der Waals surface area contributed by atoms with Crippen molar-refractivity contribution in [3.63, 3.8) is 0 Å². The van der Waals surface area contributed by atoms with Gasteiger partial charge in [0.25, 0.3) is 0 Å². The van der Waals surface area contributed by atoms with Crippen molar-refractivity contribution >= 4 is 11.8 Å². The number of epoxide rings is 1. The van der Waals surface area contributed by atoms with Gasteiger partial charge < -0.3 is 9.47 Å². The number of esters is 1. The van der Waals surface area contributed by atoms with Crippen molar-refractivity contribution in [2.75, 3.05) is 0 Å². The third kappa shape index (κ3) is 1.92. The maximum Gasteiger partial charge on any atom is 0.302 e. The molecule has 0 radical (unpaired) electrons. The lowest BCUT2D eigenvalue weighted by molar-refractivity contribution is -0.157. The van der Waals surface area contributed by atoms with Gasteiger partial charge in [0.1, 0.15) is 17.5 Å². The molecule has 1 saturated heterocycles. The molecule has 138 valence electrons. The van der Waals surface area contributed by atoms with Gasteiger partial charge in [0.05, 0.1) is 6.10 Å². The average molecular weight is 346 g/mol. The molecular formula is C21H30O4. The fraction of sp³-hybridized carbons (Fsp3) is 0.905. The molecule has 5 rings (SSSR count). The van der Waals surface area contributed by atoms with Gasteiger partial charge in [0, 0.05) is 30.6 Å². The molecule has 4 saturated carbocycles. The number of hydrogen-bond acceptors (Lipinski definition) is 4. The first-order chi connectivity index (χ1) is 11.8. The zero-order valence-electron chi connectivity index (χ0n) is 15.7. The van der Waals surface area contributed by atoms with Gasteiger partial charge in [0.2, 0.25) is 0 Å². The van der Waals surface area contributed by atoms with Crippen LogP contribution in [0.3, 0.4) is 0 Å². The highest BCUT2D eigenvalue weighted by molar-refractivity contribution is 5.87. The highest BCUT2D eigenvalue weighted by atomic mass is 16.6. The lowest BCUT2D eigenvalue weighted by Gasteiger charge is -2.58. The highest BCUT2D eigenvalue weighted by Crippen LogP contribution is 2.73. The molecule has 1 spiro atoms. The molecular weight excluding hydrogens is 316 g/mol. The molecule has 8 atom stereocenters. The van der Waals surface area contributed by atoms with Crippen LogP contribution in [0.1, 0.15) is 72.1 Å². The van der Waals surface area contributed by atoms with Crippen molar-refractivity contribution in [1.82, 2.24) is 0 Å². The Hall–Kier alpha value is -0.900. The first-order valence-electron chi connectivity index (χ1n) is 10.2. The van der Waals surface area contributed by atoms with Gasteiger partial charge in [-0.2, -0.15) is 0 Å². The van der Waals surface area contributed by atoms with Crippen molar-refractivity contribution in [3.05, 3.63) is 0 Å². The molecule has 0 aromatic carbocycles. The molecule has 4 nitrogen and oxygen atoms in total. The van der Waals surface area contributed by atoms with E-state index in [1.165, 1.54) is 6.92 Å². The zero-order valence-corrected chi connectivity index (χ0v) is 15.7. The van der Waals surface area contributed by atoms with E-state index >= 15 is 0 Å². The van der Waals surface area contributed by atoms with Gasteiger partial charge in [-0.1, -0.05) is 13.8 Å². The molecule has 0 aromatic rings. The summed E-state index contributed by atoms with van der Waals surface area (Å²) < 4.78 is 12.0. The molecule has 5 unspecified atom stereocenters. The van der Waals surface area contributed by atoms with E-state index in [0.29, 0.717) is 29.6 Å². The van der Waals surface area contributed by atoms with Crippen LogP contribution < -0.4 is 0 Å². The van der Waals surface area contributed by atoms with E-state index in [1.807, 2.05) is 0 Å². The lowest BCUT2D eigenvalue weighted by Crippen LogP contribution is -2.58. The summed E-state index contributed by atoms with van der Waals surface area (Å²) >= 11 is 0. The molecule has 5 aliphatic rings. The minimum absolute atomic E-state index is 0.0223. The zero-order chi connectivity index (χ0) is 17.6. The lowest BCUT2D eigenvalue weighted by atomic mass is 9.45. The molecule has 5 fully saturated rings. The quantitative estimate of drug-likeness (QED) is 0.537. The van der Waals surface area contributed by atoms with E-state index < -0.39 is 0 Å². The van der Waals surface area contributed by atoms with Crippen LogP contribution in [0.15, 0.2) is 0 Å². The Morgan fingerprint density at radius 3 is 2.72 bits per heavy atom. The summed E-state index contributed by atoms with van der Waals surface area (Å²) in [6.45, 7) is 6.18. The van der Waals surface area contributed by atoms with Crippen LogP contribution in [-0.2, 0) is 19.1 Å². The number of hydrogen-bond donors (Lipinski definition) is 0. The third-order valence-corrected chi connectivity index (χ3v) is 9.08. The van der Waals surface area contributed by atoms with Crippen LogP contribution in [0.25, 0.3) is 0 Å². The number of fused-ring (bicyclic) bond motifs is 4. The van der Waals surface area contributed by atoms with Crippen molar-refractivity contribution in [3.8, 4) is 0 Å². The maximum atomic E-state index is 12.5. The summed E-state index contributed by atoms with van der Waals surface area (Å²) in [4.78, 5) is 23.9. The van der Waals surface area contributed by atoms with Gasteiger partial charge in [0.15, 0.2) is 0 Å². The SMILES string of the molecule is CC(=O)O[C@H]1CC[C@]2(C)C3CC[C@]4(C)C(=O)CCC4C3CC3OC32C1. The molecule has 0 aromatic heterocycles. The Balaban J connectivity index is 1.44. The smallest absolute Gasteiger partial charge is 0.302 e. The first kappa shape index (κ1) is 16.3. The standard InChI is InChI=1S/C21H30O4/c1-12(22)24-13-6-9-20(3)16-7-8-19(2)15(4-5-17(19)23)14(16)10-18-21(20,11-13)25-18/h13-16,18H,4-11H2,1-3H3/t13-,14?,15?,16?,18?,19-,20+,21?/m0/s1. The molecule has 25 heavy (non-hydrogen) atoms. The monoisotopic (exact) mass is 346 g/mol. The predicted octanol–water partition coefficient (Wildman–Crippen LogP) is 3.66. The Kier molecular flexibility index (Phi) is 3.18. The Labute approximate surface area is 150 Å². The van der Waals surface area contributed by atoms with E-state index in [0.717, 1.165) is 51.4 Å². The minimum atomic E-state index is -0.172. The van der Waals surface area contributed by atoms with Crippen molar-refractivity contribution in [2.24, 2.45) is 28.6 Å². The second-order valence-electron chi connectivity index (χ2n) is 9.92. The van der Waals surface area contributed by atoms with Gasteiger partial charge in [-0.15, -0.1) is 0 Å². The van der Waals surface area contributed by atoms with Crippen LogP contribution in [-0.4, -0.2) is 29.6 Å². The van der Waals surface area contributed by atoms with Gasteiger partial charge >= 0.3 is 5.97 Å². The van der Waals surface area contributed by atoms with Gasteiger partial charge in [-0.3, -0.25) is 9.59 Å². The largest absolute Gasteiger partial charge is 0.462 e. The minimum Gasteiger partial charge on any atom is -0.462 e. The normalized spacial score (nSPS) is 56.3. The summed E-state index contributed by atoms with van der Waals surface area (Å²) in [7, 11) is 0. The maximum absolute atomic E-state index is 12.5. The molecule has 0 amide bonds. The summed E-state index contributed by atoms with van der Waals surface area (Å²) in [5, 5.41) is 0. The summed E-state index contributed by atoms with van der Waals surface area (Å²) in [5.74, 6) is 2.19. The van der Waals surface area contributed by atoms with E-state index in [9.17, 15) is 9.59 Å².